The molecule has 2 heterocycles. The van der Waals surface area contributed by atoms with Gasteiger partial charge in [0.05, 0.1) is 12.2 Å². The lowest BCUT2D eigenvalue weighted by Gasteiger charge is -2.39. The lowest BCUT2D eigenvalue weighted by molar-refractivity contribution is 0.199. The summed E-state index contributed by atoms with van der Waals surface area (Å²) in [5, 5.41) is 5.73. The van der Waals surface area contributed by atoms with Crippen molar-refractivity contribution >= 4 is 11.8 Å². The fraction of sp³-hybridized carbons (Fsp3) is 0.769. The first-order valence-electron chi connectivity index (χ1n) is 6.76. The van der Waals surface area contributed by atoms with Crippen molar-refractivity contribution in [3.8, 4) is 0 Å². The first-order chi connectivity index (χ1) is 8.63. The number of rotatable bonds is 4. The van der Waals surface area contributed by atoms with E-state index in [9.17, 15) is 0 Å². The van der Waals surface area contributed by atoms with Crippen molar-refractivity contribution in [3.63, 3.8) is 0 Å². The van der Waals surface area contributed by atoms with Gasteiger partial charge in [0.25, 0.3) is 0 Å². The quantitative estimate of drug-likeness (QED) is 0.903. The molecule has 0 aliphatic carbocycles. The average molecular weight is 268 g/mol. The van der Waals surface area contributed by atoms with Gasteiger partial charge in [-0.2, -0.15) is 16.9 Å². The fourth-order valence-electron chi connectivity index (χ4n) is 2.69. The second-order valence-corrected chi connectivity index (χ2v) is 6.97. The largest absolute Gasteiger partial charge is 0.329 e. The highest BCUT2D eigenvalue weighted by molar-refractivity contribution is 8.00. The zero-order valence-electron chi connectivity index (χ0n) is 11.5. The van der Waals surface area contributed by atoms with E-state index in [1.807, 2.05) is 10.9 Å². The number of aryl methyl sites for hydroxylation is 1. The zero-order chi connectivity index (χ0) is 13.1. The standard InChI is InChI=1S/C13H24N4S/c1-4-17-9-12(6-15-17)13(5-14)16-7-10(2)18-11(3)8-16/h6,9-11,13H,4-5,7-8,14H2,1-3H3. The molecule has 1 aromatic rings. The molecular weight excluding hydrogens is 244 g/mol. The predicted molar refractivity (Wildman–Crippen MR) is 77.8 cm³/mol. The maximum absolute atomic E-state index is 5.99. The third-order valence-electron chi connectivity index (χ3n) is 3.47. The minimum absolute atomic E-state index is 0.316. The van der Waals surface area contributed by atoms with E-state index in [0.29, 0.717) is 23.1 Å². The van der Waals surface area contributed by atoms with Gasteiger partial charge in [0.15, 0.2) is 0 Å². The molecule has 4 nitrogen and oxygen atoms in total. The van der Waals surface area contributed by atoms with Crippen LogP contribution in [0, 0.1) is 0 Å². The van der Waals surface area contributed by atoms with Crippen molar-refractivity contribution in [2.45, 2.75) is 43.9 Å². The second kappa shape index (κ2) is 6.08. The van der Waals surface area contributed by atoms with Crippen LogP contribution < -0.4 is 5.73 Å². The summed E-state index contributed by atoms with van der Waals surface area (Å²) >= 11 is 2.07. The van der Waals surface area contributed by atoms with Crippen LogP contribution in [0.1, 0.15) is 32.4 Å². The van der Waals surface area contributed by atoms with Crippen LogP contribution in [-0.4, -0.2) is 44.8 Å². The lowest BCUT2D eigenvalue weighted by atomic mass is 10.1. The summed E-state index contributed by atoms with van der Waals surface area (Å²) < 4.78 is 1.98. The van der Waals surface area contributed by atoms with Gasteiger partial charge < -0.3 is 5.73 Å². The third-order valence-corrected chi connectivity index (χ3v) is 4.70. The van der Waals surface area contributed by atoms with Gasteiger partial charge in [-0.05, 0) is 6.92 Å². The molecule has 1 aliphatic heterocycles. The Labute approximate surface area is 114 Å². The van der Waals surface area contributed by atoms with E-state index < -0.39 is 0 Å². The highest BCUT2D eigenvalue weighted by Crippen LogP contribution is 2.30. The molecule has 5 heteroatoms. The van der Waals surface area contributed by atoms with Gasteiger partial charge in [0.2, 0.25) is 0 Å². The Hall–Kier alpha value is -0.520. The molecule has 0 saturated carbocycles. The summed E-state index contributed by atoms with van der Waals surface area (Å²) in [6.07, 6.45) is 4.10. The van der Waals surface area contributed by atoms with Crippen LogP contribution in [0.15, 0.2) is 12.4 Å². The second-order valence-electron chi connectivity index (χ2n) is 5.09. The van der Waals surface area contributed by atoms with Gasteiger partial charge >= 0.3 is 0 Å². The normalized spacial score (nSPS) is 27.3. The van der Waals surface area contributed by atoms with Crippen LogP contribution in [0.25, 0.3) is 0 Å². The van der Waals surface area contributed by atoms with E-state index >= 15 is 0 Å². The van der Waals surface area contributed by atoms with E-state index in [4.69, 9.17) is 5.73 Å². The van der Waals surface area contributed by atoms with Crippen molar-refractivity contribution < 1.29 is 0 Å². The molecule has 0 radical (unpaired) electrons. The lowest BCUT2D eigenvalue weighted by Crippen LogP contribution is -2.44. The maximum Gasteiger partial charge on any atom is 0.0538 e. The Morgan fingerprint density at radius 1 is 1.44 bits per heavy atom. The van der Waals surface area contributed by atoms with Gasteiger partial charge in [-0.1, -0.05) is 13.8 Å². The van der Waals surface area contributed by atoms with Gasteiger partial charge in [-0.3, -0.25) is 9.58 Å². The van der Waals surface area contributed by atoms with E-state index in [1.54, 1.807) is 0 Å². The highest BCUT2D eigenvalue weighted by atomic mass is 32.2. The molecule has 3 atom stereocenters. The number of thioether (sulfide) groups is 1. The monoisotopic (exact) mass is 268 g/mol. The molecule has 0 spiro atoms. The molecule has 1 fully saturated rings. The molecule has 1 aliphatic rings. The minimum atomic E-state index is 0.316. The van der Waals surface area contributed by atoms with Gasteiger partial charge in [-0.15, -0.1) is 0 Å². The minimum Gasteiger partial charge on any atom is -0.329 e. The van der Waals surface area contributed by atoms with Crippen LogP contribution in [0.5, 0.6) is 0 Å². The average Bonchev–Trinajstić information content (AvgIpc) is 2.77. The fourth-order valence-corrected chi connectivity index (χ4v) is 4.04. The number of nitrogens with two attached hydrogens (primary N) is 1. The van der Waals surface area contributed by atoms with Crippen LogP contribution in [-0.2, 0) is 6.54 Å². The first kappa shape index (κ1) is 13.9. The molecule has 1 aromatic heterocycles. The Bertz CT molecular complexity index is 369. The summed E-state index contributed by atoms with van der Waals surface area (Å²) in [4.78, 5) is 2.52. The van der Waals surface area contributed by atoms with Crippen molar-refractivity contribution in [1.82, 2.24) is 14.7 Å². The molecule has 2 N–H and O–H groups in total. The van der Waals surface area contributed by atoms with Gasteiger partial charge in [0, 0.05) is 48.4 Å². The Morgan fingerprint density at radius 2 is 2.11 bits per heavy atom. The Kier molecular flexibility index (Phi) is 4.70. The summed E-state index contributed by atoms with van der Waals surface area (Å²) in [5.74, 6) is 0. The van der Waals surface area contributed by atoms with Crippen molar-refractivity contribution in [2.75, 3.05) is 19.6 Å². The summed E-state index contributed by atoms with van der Waals surface area (Å²) in [6.45, 7) is 10.5. The smallest absolute Gasteiger partial charge is 0.0538 e. The predicted octanol–water partition coefficient (Wildman–Crippen LogP) is 1.73. The van der Waals surface area contributed by atoms with Crippen LogP contribution >= 0.6 is 11.8 Å². The molecule has 0 amide bonds. The Morgan fingerprint density at radius 3 is 2.61 bits per heavy atom. The molecular formula is C13H24N4S. The van der Waals surface area contributed by atoms with E-state index in [0.717, 1.165) is 19.6 Å². The van der Waals surface area contributed by atoms with Gasteiger partial charge in [-0.25, -0.2) is 0 Å². The number of aromatic nitrogens is 2. The summed E-state index contributed by atoms with van der Waals surface area (Å²) in [5.41, 5.74) is 7.25. The van der Waals surface area contributed by atoms with E-state index in [1.165, 1.54) is 5.56 Å². The van der Waals surface area contributed by atoms with E-state index in [-0.39, 0.29) is 0 Å². The topological polar surface area (TPSA) is 47.1 Å². The van der Waals surface area contributed by atoms with Crippen molar-refractivity contribution in [1.29, 1.82) is 0 Å². The molecule has 102 valence electrons. The maximum atomic E-state index is 5.99. The highest BCUT2D eigenvalue weighted by Gasteiger charge is 2.28. The van der Waals surface area contributed by atoms with E-state index in [2.05, 4.69) is 48.7 Å². The zero-order valence-corrected chi connectivity index (χ0v) is 12.4. The SMILES string of the molecule is CCn1cc(C(CN)N2CC(C)SC(C)C2)cn1. The van der Waals surface area contributed by atoms with Crippen molar-refractivity contribution in [3.05, 3.63) is 18.0 Å². The van der Waals surface area contributed by atoms with Crippen molar-refractivity contribution in [2.24, 2.45) is 5.73 Å². The molecule has 0 bridgehead atoms. The molecule has 18 heavy (non-hydrogen) atoms. The third kappa shape index (κ3) is 3.08. The number of nitrogens with zero attached hydrogens (tertiary/aromatic N) is 3. The first-order valence-corrected chi connectivity index (χ1v) is 7.70. The Balaban J connectivity index is 2.12. The summed E-state index contributed by atoms with van der Waals surface area (Å²) in [7, 11) is 0. The van der Waals surface area contributed by atoms with Gasteiger partial charge in [0.1, 0.15) is 0 Å². The summed E-state index contributed by atoms with van der Waals surface area (Å²) in [6, 6.07) is 0.316. The molecule has 2 rings (SSSR count). The number of hydrogen-bond acceptors (Lipinski definition) is 4. The van der Waals surface area contributed by atoms with Crippen LogP contribution in [0.2, 0.25) is 0 Å². The van der Waals surface area contributed by atoms with Crippen LogP contribution in [0.4, 0.5) is 0 Å². The number of hydrogen-bond donors (Lipinski definition) is 1. The van der Waals surface area contributed by atoms with Crippen LogP contribution in [0.3, 0.4) is 0 Å². The molecule has 1 saturated heterocycles. The molecule has 3 unspecified atom stereocenters. The molecule has 0 aromatic carbocycles.